The topological polar surface area (TPSA) is 149 Å². The minimum atomic E-state index is -1.51. The van der Waals surface area contributed by atoms with E-state index in [0.717, 1.165) is 17.2 Å². The Morgan fingerprint density at radius 3 is 2.50 bits per heavy atom. The number of nitrogens with zero attached hydrogens (tertiary/aromatic N) is 3. The van der Waals surface area contributed by atoms with Crippen LogP contribution in [-0.4, -0.2) is 68.1 Å². The van der Waals surface area contributed by atoms with Gasteiger partial charge in [0.2, 0.25) is 0 Å². The van der Waals surface area contributed by atoms with Crippen LogP contribution in [0, 0.1) is 11.8 Å². The van der Waals surface area contributed by atoms with Gasteiger partial charge in [-0.05, 0) is 74.7 Å². The van der Waals surface area contributed by atoms with Crippen LogP contribution < -0.4 is 5.01 Å². The molecule has 230 valence electrons. The summed E-state index contributed by atoms with van der Waals surface area (Å²) in [5.41, 5.74) is -0.415. The third-order valence-electron chi connectivity index (χ3n) is 7.46. The van der Waals surface area contributed by atoms with E-state index in [9.17, 15) is 24.6 Å². The number of aliphatic carboxylic acids is 2. The lowest BCUT2D eigenvalue weighted by Gasteiger charge is -2.32. The van der Waals surface area contributed by atoms with Crippen molar-refractivity contribution in [1.29, 1.82) is 0 Å². The molecule has 1 saturated heterocycles. The fourth-order valence-corrected chi connectivity index (χ4v) is 7.01. The first-order valence-electron chi connectivity index (χ1n) is 13.9. The predicted octanol–water partition coefficient (Wildman–Crippen LogP) is 6.60. The number of thioether (sulfide) groups is 1. The lowest BCUT2D eigenvalue weighted by Crippen LogP contribution is -2.47. The molecular formula is C29H37Cl2N3O7S. The first kappa shape index (κ1) is 33.7. The van der Waals surface area contributed by atoms with E-state index in [1.807, 2.05) is 25.6 Å². The molecule has 2 heterocycles. The molecule has 1 aromatic carbocycles. The summed E-state index contributed by atoms with van der Waals surface area (Å²) < 4.78 is 0. The van der Waals surface area contributed by atoms with Gasteiger partial charge in [0.15, 0.2) is 11.3 Å². The van der Waals surface area contributed by atoms with Crippen molar-refractivity contribution >= 4 is 69.8 Å². The molecule has 0 radical (unpaired) electrons. The summed E-state index contributed by atoms with van der Waals surface area (Å²) in [6, 6.07) is 4.47. The first-order valence-corrected chi connectivity index (χ1v) is 15.9. The summed E-state index contributed by atoms with van der Waals surface area (Å²) in [5.74, 6) is 1.01. The maximum absolute atomic E-state index is 12.6. The van der Waals surface area contributed by atoms with Crippen molar-refractivity contribution in [2.45, 2.75) is 71.3 Å². The average molecular weight is 643 g/mol. The van der Waals surface area contributed by atoms with Gasteiger partial charge in [-0.3, -0.25) is 4.79 Å². The number of carboxylic acid groups (broad SMARTS) is 2. The van der Waals surface area contributed by atoms with Gasteiger partial charge in [0, 0.05) is 24.3 Å². The molecule has 13 heteroatoms. The number of oxime groups is 1. The van der Waals surface area contributed by atoms with Gasteiger partial charge in [-0.15, -0.1) is 0 Å². The third-order valence-corrected chi connectivity index (χ3v) is 9.24. The summed E-state index contributed by atoms with van der Waals surface area (Å²) in [6.07, 6.45) is 4.87. The molecule has 2 aliphatic heterocycles. The summed E-state index contributed by atoms with van der Waals surface area (Å²) in [4.78, 5) is 40.2. The zero-order chi connectivity index (χ0) is 31.0. The largest absolute Gasteiger partial charge is 0.511 e. The van der Waals surface area contributed by atoms with E-state index in [0.29, 0.717) is 54.0 Å². The number of allylic oxidation sites excluding steroid dienone is 2. The highest BCUT2D eigenvalue weighted by molar-refractivity contribution is 7.99. The normalized spacial score (nSPS) is 24.6. The van der Waals surface area contributed by atoms with Crippen LogP contribution in [0.25, 0.3) is 0 Å². The van der Waals surface area contributed by atoms with E-state index in [-0.39, 0.29) is 34.4 Å². The van der Waals surface area contributed by atoms with E-state index in [2.05, 4.69) is 10.3 Å². The van der Waals surface area contributed by atoms with Crippen LogP contribution in [0.1, 0.15) is 65.7 Å². The number of carbonyl (C=O) groups excluding carboxylic acids is 1. The van der Waals surface area contributed by atoms with E-state index < -0.39 is 17.5 Å². The number of hydrogen-bond acceptors (Lipinski definition) is 9. The first-order chi connectivity index (χ1) is 19.9. The zero-order valence-corrected chi connectivity index (χ0v) is 26.3. The SMILES string of the molecule is CC1(C(=O)O)CC(C(=O)O)=NN1c1ccc(Cl)cc1Cl.CCC/C(=N\OCC)C1=C(O)CC(C2CCCSC2)CC1=O. The number of anilines is 1. The van der Waals surface area contributed by atoms with Crippen molar-refractivity contribution in [3.63, 3.8) is 0 Å². The van der Waals surface area contributed by atoms with Crippen molar-refractivity contribution in [2.75, 3.05) is 23.1 Å². The van der Waals surface area contributed by atoms with Crippen LogP contribution in [0.15, 0.2) is 39.8 Å². The highest BCUT2D eigenvalue weighted by Gasteiger charge is 2.48. The number of benzene rings is 1. The highest BCUT2D eigenvalue weighted by atomic mass is 35.5. The van der Waals surface area contributed by atoms with E-state index in [1.54, 1.807) is 0 Å². The van der Waals surface area contributed by atoms with Gasteiger partial charge in [-0.1, -0.05) is 41.7 Å². The van der Waals surface area contributed by atoms with E-state index >= 15 is 0 Å². The van der Waals surface area contributed by atoms with E-state index in [4.69, 9.17) is 33.1 Å². The zero-order valence-electron chi connectivity index (χ0n) is 23.9. The van der Waals surface area contributed by atoms with Crippen LogP contribution in [0.2, 0.25) is 10.0 Å². The quantitative estimate of drug-likeness (QED) is 0.200. The van der Waals surface area contributed by atoms with Gasteiger partial charge in [0.05, 0.1) is 22.0 Å². The molecule has 1 aliphatic carbocycles. The number of hydrogen-bond donors (Lipinski definition) is 3. The number of aliphatic hydroxyl groups excluding tert-OH is 1. The van der Waals surface area contributed by atoms with Crippen molar-refractivity contribution < 1.29 is 34.5 Å². The minimum Gasteiger partial charge on any atom is -0.511 e. The van der Waals surface area contributed by atoms with Crippen LogP contribution in [0.4, 0.5) is 5.69 Å². The molecule has 0 bridgehead atoms. The molecule has 10 nitrogen and oxygen atoms in total. The Kier molecular flexibility index (Phi) is 12.1. The Balaban J connectivity index is 0.000000231. The van der Waals surface area contributed by atoms with Crippen molar-refractivity contribution in [3.05, 3.63) is 39.6 Å². The van der Waals surface area contributed by atoms with Crippen molar-refractivity contribution in [1.82, 2.24) is 0 Å². The maximum Gasteiger partial charge on any atom is 0.352 e. The molecule has 1 fully saturated rings. The second-order valence-electron chi connectivity index (χ2n) is 10.6. The second kappa shape index (κ2) is 15.1. The maximum atomic E-state index is 12.6. The molecule has 3 aliphatic rings. The fourth-order valence-electron chi connectivity index (χ4n) is 5.24. The van der Waals surface area contributed by atoms with Gasteiger partial charge in [-0.2, -0.15) is 16.9 Å². The van der Waals surface area contributed by atoms with Crippen LogP contribution in [0.5, 0.6) is 0 Å². The minimum absolute atomic E-state index is 0.0382. The summed E-state index contributed by atoms with van der Waals surface area (Å²) in [5, 5.41) is 38.4. The lowest BCUT2D eigenvalue weighted by atomic mass is 9.76. The summed E-state index contributed by atoms with van der Waals surface area (Å²) >= 11 is 13.8. The van der Waals surface area contributed by atoms with Crippen LogP contribution >= 0.6 is 35.0 Å². The van der Waals surface area contributed by atoms with Gasteiger partial charge < -0.3 is 20.2 Å². The number of hydrazone groups is 1. The molecule has 0 amide bonds. The lowest BCUT2D eigenvalue weighted by molar-refractivity contribution is -0.142. The number of carboxylic acids is 2. The van der Waals surface area contributed by atoms with Crippen molar-refractivity contribution in [2.24, 2.45) is 22.1 Å². The number of halogens is 2. The Morgan fingerprint density at radius 1 is 1.21 bits per heavy atom. The molecule has 42 heavy (non-hydrogen) atoms. The standard InChI is InChI=1S/C17H27NO3S.C12H10Cl2N2O4/c1-3-6-14(18-21-4-2)17-15(19)9-13(10-16(17)20)12-7-5-8-22-11-12;1-12(11(19)20)5-8(10(17)18)15-16(12)9-3-2-6(13)4-7(9)14/h12-13,19H,3-11H2,1-2H3;2-4H,5H2,1H3,(H,17,18)(H,19,20)/b18-14+;. The van der Waals surface area contributed by atoms with Crippen LogP contribution in [0.3, 0.4) is 0 Å². The van der Waals surface area contributed by atoms with Gasteiger partial charge in [-0.25, -0.2) is 14.6 Å². The van der Waals surface area contributed by atoms with Gasteiger partial charge >= 0.3 is 11.9 Å². The van der Waals surface area contributed by atoms with E-state index in [1.165, 1.54) is 43.7 Å². The number of ketones is 1. The summed E-state index contributed by atoms with van der Waals surface area (Å²) in [6.45, 7) is 5.76. The molecule has 3 atom stereocenters. The molecular weight excluding hydrogens is 605 g/mol. The molecule has 0 spiro atoms. The number of aliphatic hydroxyl groups is 1. The Morgan fingerprint density at radius 2 is 1.95 bits per heavy atom. The molecule has 4 rings (SSSR count). The average Bonchev–Trinajstić information content (AvgIpc) is 3.31. The Labute approximate surface area is 259 Å². The highest BCUT2D eigenvalue weighted by Crippen LogP contribution is 2.39. The number of carbonyl (C=O) groups is 3. The smallest absolute Gasteiger partial charge is 0.352 e. The molecule has 0 aromatic heterocycles. The molecule has 0 saturated carbocycles. The predicted molar refractivity (Wildman–Crippen MR) is 166 cm³/mol. The van der Waals surface area contributed by atoms with Crippen LogP contribution in [-0.2, 0) is 19.2 Å². The molecule has 1 aromatic rings. The monoisotopic (exact) mass is 641 g/mol. The van der Waals surface area contributed by atoms with Crippen molar-refractivity contribution in [3.8, 4) is 0 Å². The fraction of sp³-hybridized carbons (Fsp3) is 0.552. The third kappa shape index (κ3) is 7.99. The second-order valence-corrected chi connectivity index (χ2v) is 12.6. The Hall–Kier alpha value is -2.76. The summed E-state index contributed by atoms with van der Waals surface area (Å²) in [7, 11) is 0. The molecule has 3 N–H and O–H groups in total. The number of rotatable bonds is 9. The Bertz CT molecular complexity index is 1280. The van der Waals surface area contributed by atoms with Gasteiger partial charge in [0.1, 0.15) is 18.1 Å². The van der Waals surface area contributed by atoms with Gasteiger partial charge in [0.25, 0.3) is 0 Å². The molecule has 3 unspecified atom stereocenters. The number of Topliss-reactive ketones (excluding diaryl/α,β-unsaturated/α-hetero) is 1.